The molecule has 0 fully saturated rings. The molecule has 9 heteroatoms. The lowest BCUT2D eigenvalue weighted by atomic mass is 10.2. The van der Waals surface area contributed by atoms with E-state index in [0.29, 0.717) is 34.0 Å². The number of nitrogens with two attached hydrogens (primary N) is 2. The van der Waals surface area contributed by atoms with E-state index in [9.17, 15) is 13.2 Å². The lowest BCUT2D eigenvalue weighted by Crippen LogP contribution is -2.26. The first-order valence-electron chi connectivity index (χ1n) is 8.04. The molecule has 1 amide bonds. The van der Waals surface area contributed by atoms with Crippen LogP contribution in [0.15, 0.2) is 47.9 Å². The SMILES string of the molecule is COc1ccc(/C=C\S(=O)(=O)NC(=O)/C=C/c2ccc(OC)c(N)c2)cc1N. The van der Waals surface area contributed by atoms with Crippen molar-refractivity contribution < 1.29 is 22.7 Å². The van der Waals surface area contributed by atoms with Crippen LogP contribution in [0, 0.1) is 0 Å². The minimum atomic E-state index is -3.98. The second-order valence-corrected chi connectivity index (χ2v) is 7.22. The van der Waals surface area contributed by atoms with E-state index < -0.39 is 15.9 Å². The molecule has 0 unspecified atom stereocenters. The summed E-state index contributed by atoms with van der Waals surface area (Å²) >= 11 is 0. The number of anilines is 2. The monoisotopic (exact) mass is 403 g/mol. The molecule has 0 atom stereocenters. The summed E-state index contributed by atoms with van der Waals surface area (Å²) in [6.07, 6.45) is 3.85. The van der Waals surface area contributed by atoms with Crippen molar-refractivity contribution in [2.45, 2.75) is 0 Å². The summed E-state index contributed by atoms with van der Waals surface area (Å²) in [5.74, 6) is 0.194. The van der Waals surface area contributed by atoms with Crippen LogP contribution in [0.2, 0.25) is 0 Å². The molecular formula is C19H21N3O5S. The van der Waals surface area contributed by atoms with Crippen LogP contribution in [0.4, 0.5) is 11.4 Å². The Bertz CT molecular complexity index is 1030. The number of nitrogen functional groups attached to an aromatic ring is 2. The summed E-state index contributed by atoms with van der Waals surface area (Å²) in [5.41, 5.74) is 13.5. The predicted octanol–water partition coefficient (Wildman–Crippen LogP) is 2.00. The third-order valence-corrected chi connectivity index (χ3v) is 4.60. The highest BCUT2D eigenvalue weighted by Crippen LogP contribution is 2.23. The molecule has 0 aromatic heterocycles. The van der Waals surface area contributed by atoms with Gasteiger partial charge in [-0.25, -0.2) is 13.1 Å². The number of amides is 1. The van der Waals surface area contributed by atoms with Crippen molar-refractivity contribution in [1.82, 2.24) is 4.72 Å². The molecule has 0 saturated carbocycles. The fraction of sp³-hybridized carbons (Fsp3) is 0.105. The van der Waals surface area contributed by atoms with E-state index in [1.165, 1.54) is 26.4 Å². The quantitative estimate of drug-likeness (QED) is 0.475. The Morgan fingerprint density at radius 1 is 0.929 bits per heavy atom. The smallest absolute Gasteiger partial charge is 0.257 e. The highest BCUT2D eigenvalue weighted by Gasteiger charge is 2.09. The van der Waals surface area contributed by atoms with Crippen molar-refractivity contribution in [3.8, 4) is 11.5 Å². The molecule has 0 bridgehead atoms. The second-order valence-electron chi connectivity index (χ2n) is 5.65. The first kappa shape index (κ1) is 20.8. The molecule has 0 aliphatic heterocycles. The zero-order valence-corrected chi connectivity index (χ0v) is 16.2. The molecule has 0 saturated heterocycles. The van der Waals surface area contributed by atoms with Gasteiger partial charge in [0.05, 0.1) is 31.0 Å². The van der Waals surface area contributed by atoms with Crippen LogP contribution in [0.5, 0.6) is 11.5 Å². The van der Waals surface area contributed by atoms with Crippen LogP contribution >= 0.6 is 0 Å². The summed E-state index contributed by atoms with van der Waals surface area (Å²) in [5, 5.41) is 0.880. The Labute approximate surface area is 163 Å². The summed E-state index contributed by atoms with van der Waals surface area (Å²) in [4.78, 5) is 11.9. The topological polar surface area (TPSA) is 134 Å². The molecule has 0 aliphatic carbocycles. The van der Waals surface area contributed by atoms with E-state index in [4.69, 9.17) is 20.9 Å². The van der Waals surface area contributed by atoms with Crippen LogP contribution in [-0.4, -0.2) is 28.5 Å². The number of carbonyl (C=O) groups is 1. The molecule has 2 aromatic carbocycles. The average molecular weight is 403 g/mol. The Hall–Kier alpha value is -3.46. The van der Waals surface area contributed by atoms with Gasteiger partial charge in [-0.2, -0.15) is 0 Å². The van der Waals surface area contributed by atoms with Gasteiger partial charge in [0.2, 0.25) is 0 Å². The molecule has 0 radical (unpaired) electrons. The third-order valence-electron chi connectivity index (χ3n) is 3.62. The molecule has 28 heavy (non-hydrogen) atoms. The number of nitrogens with one attached hydrogen (secondary N) is 1. The molecule has 2 rings (SSSR count). The fourth-order valence-corrected chi connectivity index (χ4v) is 3.01. The Kier molecular flexibility index (Phi) is 6.67. The molecule has 0 aliphatic rings. The minimum absolute atomic E-state index is 0.368. The van der Waals surface area contributed by atoms with E-state index in [0.717, 1.165) is 11.5 Å². The van der Waals surface area contributed by atoms with Crippen molar-refractivity contribution in [3.05, 3.63) is 59.0 Å². The molecule has 0 spiro atoms. The number of rotatable bonds is 7. The number of hydrogen-bond donors (Lipinski definition) is 3. The van der Waals surface area contributed by atoms with Gasteiger partial charge in [-0.05, 0) is 47.5 Å². The van der Waals surface area contributed by atoms with Crippen molar-refractivity contribution in [2.75, 3.05) is 25.7 Å². The lowest BCUT2D eigenvalue weighted by Gasteiger charge is -2.05. The molecular weight excluding hydrogens is 382 g/mol. The van der Waals surface area contributed by atoms with E-state index in [2.05, 4.69) is 0 Å². The molecule has 8 nitrogen and oxygen atoms in total. The van der Waals surface area contributed by atoms with E-state index >= 15 is 0 Å². The van der Waals surface area contributed by atoms with Crippen LogP contribution in [0.3, 0.4) is 0 Å². The average Bonchev–Trinajstić information content (AvgIpc) is 2.64. The molecule has 5 N–H and O–H groups in total. The van der Waals surface area contributed by atoms with E-state index in [1.807, 2.05) is 4.72 Å². The van der Waals surface area contributed by atoms with Gasteiger partial charge in [-0.15, -0.1) is 0 Å². The van der Waals surface area contributed by atoms with Gasteiger partial charge < -0.3 is 20.9 Å². The van der Waals surface area contributed by atoms with Gasteiger partial charge in [-0.3, -0.25) is 4.79 Å². The fourth-order valence-electron chi connectivity index (χ4n) is 2.26. The largest absolute Gasteiger partial charge is 0.495 e. The van der Waals surface area contributed by atoms with Crippen LogP contribution in [-0.2, 0) is 14.8 Å². The highest BCUT2D eigenvalue weighted by atomic mass is 32.2. The predicted molar refractivity (Wildman–Crippen MR) is 110 cm³/mol. The van der Waals surface area contributed by atoms with Crippen molar-refractivity contribution in [2.24, 2.45) is 0 Å². The lowest BCUT2D eigenvalue weighted by molar-refractivity contribution is -0.114. The van der Waals surface area contributed by atoms with Gasteiger partial charge >= 0.3 is 0 Å². The zero-order valence-electron chi connectivity index (χ0n) is 15.4. The Morgan fingerprint density at radius 2 is 1.43 bits per heavy atom. The van der Waals surface area contributed by atoms with Crippen LogP contribution in [0.1, 0.15) is 11.1 Å². The highest BCUT2D eigenvalue weighted by molar-refractivity contribution is 7.93. The maximum atomic E-state index is 12.0. The van der Waals surface area contributed by atoms with Gasteiger partial charge in [0.1, 0.15) is 11.5 Å². The number of benzene rings is 2. The third kappa shape index (κ3) is 5.78. The Balaban J connectivity index is 2.03. The second kappa shape index (κ2) is 8.96. The summed E-state index contributed by atoms with van der Waals surface area (Å²) < 4.78 is 36.1. The van der Waals surface area contributed by atoms with Crippen molar-refractivity contribution >= 4 is 39.5 Å². The number of hydrogen-bond acceptors (Lipinski definition) is 7. The normalized spacial score (nSPS) is 11.6. The summed E-state index contributed by atoms with van der Waals surface area (Å²) in [6.45, 7) is 0. The summed E-state index contributed by atoms with van der Waals surface area (Å²) in [6, 6.07) is 9.74. The first-order chi connectivity index (χ1) is 13.2. The van der Waals surface area contributed by atoms with Crippen LogP contribution in [0.25, 0.3) is 12.2 Å². The van der Waals surface area contributed by atoms with Crippen molar-refractivity contribution in [1.29, 1.82) is 0 Å². The molecule has 148 valence electrons. The Morgan fingerprint density at radius 3 is 1.89 bits per heavy atom. The van der Waals surface area contributed by atoms with Gasteiger partial charge in [0, 0.05) is 6.08 Å². The number of carbonyl (C=O) groups excluding carboxylic acids is 1. The summed E-state index contributed by atoms with van der Waals surface area (Å²) in [7, 11) is -1.00. The molecule has 2 aromatic rings. The number of methoxy groups -OCH3 is 2. The minimum Gasteiger partial charge on any atom is -0.495 e. The van der Waals surface area contributed by atoms with Crippen LogP contribution < -0.4 is 25.7 Å². The molecule has 0 heterocycles. The van der Waals surface area contributed by atoms with E-state index in [-0.39, 0.29) is 0 Å². The maximum Gasteiger partial charge on any atom is 0.257 e. The first-order valence-corrected chi connectivity index (χ1v) is 9.58. The van der Waals surface area contributed by atoms with Crippen molar-refractivity contribution in [3.63, 3.8) is 0 Å². The van der Waals surface area contributed by atoms with Gasteiger partial charge in [-0.1, -0.05) is 12.1 Å². The van der Waals surface area contributed by atoms with E-state index in [1.54, 1.807) is 36.4 Å². The number of ether oxygens (including phenoxy) is 2. The van der Waals surface area contributed by atoms with Gasteiger partial charge in [0.15, 0.2) is 0 Å². The standard InChI is InChI=1S/C19H21N3O5S/c1-26-17-6-3-13(11-15(17)20)5-8-19(23)22-28(24,25)10-9-14-4-7-18(27-2)16(21)12-14/h3-12H,20-21H2,1-2H3,(H,22,23)/b8-5+,10-9-. The zero-order chi connectivity index (χ0) is 20.7. The number of sulfonamides is 1. The maximum absolute atomic E-state index is 12.0. The van der Waals surface area contributed by atoms with Gasteiger partial charge in [0.25, 0.3) is 15.9 Å².